The largest absolute Gasteiger partial charge is 0.458 e. The molecule has 2 N–H and O–H groups in total. The highest BCUT2D eigenvalue weighted by Crippen LogP contribution is 2.07. The second-order valence-corrected chi connectivity index (χ2v) is 6.09. The molecule has 0 atom stereocenters. The van der Waals surface area contributed by atoms with Crippen LogP contribution in [0.1, 0.15) is 35.3 Å². The molecule has 0 fully saturated rings. The molecule has 5 heteroatoms. The summed E-state index contributed by atoms with van der Waals surface area (Å²) in [5.74, 6) is -0.375. The van der Waals surface area contributed by atoms with Gasteiger partial charge in [0.25, 0.3) is 0 Å². The van der Waals surface area contributed by atoms with Crippen molar-refractivity contribution in [3.05, 3.63) is 77.4 Å². The van der Waals surface area contributed by atoms with Crippen LogP contribution in [-0.4, -0.2) is 24.6 Å². The van der Waals surface area contributed by atoms with E-state index in [4.69, 9.17) is 4.74 Å². The predicted molar refractivity (Wildman–Crippen MR) is 103 cm³/mol. The van der Waals surface area contributed by atoms with Crippen molar-refractivity contribution in [3.63, 3.8) is 0 Å². The SMILES string of the molecule is CC(C)NC(=O)NCc1ccc(C(=O)OC/C=C/c2ccccc2)cc1. The minimum absolute atomic E-state index is 0.0862. The molecule has 0 bridgehead atoms. The Balaban J connectivity index is 1.77. The topological polar surface area (TPSA) is 67.4 Å². The number of hydrogen-bond donors (Lipinski definition) is 2. The molecule has 136 valence electrons. The highest BCUT2D eigenvalue weighted by molar-refractivity contribution is 5.89. The van der Waals surface area contributed by atoms with Crippen LogP contribution in [0.25, 0.3) is 6.08 Å². The maximum absolute atomic E-state index is 12.0. The normalized spacial score (nSPS) is 10.7. The van der Waals surface area contributed by atoms with Crippen molar-refractivity contribution >= 4 is 18.1 Å². The van der Waals surface area contributed by atoms with E-state index in [0.717, 1.165) is 11.1 Å². The fourth-order valence-corrected chi connectivity index (χ4v) is 2.21. The van der Waals surface area contributed by atoms with Crippen LogP contribution in [0.15, 0.2) is 60.7 Å². The third-order valence-corrected chi connectivity index (χ3v) is 3.48. The van der Waals surface area contributed by atoms with Crippen LogP contribution in [0.3, 0.4) is 0 Å². The number of carbonyl (C=O) groups excluding carboxylic acids is 2. The molecular weight excluding hydrogens is 328 g/mol. The average molecular weight is 352 g/mol. The van der Waals surface area contributed by atoms with E-state index in [1.54, 1.807) is 30.3 Å². The lowest BCUT2D eigenvalue weighted by molar-refractivity contribution is 0.0550. The van der Waals surface area contributed by atoms with Gasteiger partial charge >= 0.3 is 12.0 Å². The zero-order chi connectivity index (χ0) is 18.8. The molecule has 2 aromatic carbocycles. The van der Waals surface area contributed by atoms with Gasteiger partial charge < -0.3 is 15.4 Å². The quantitative estimate of drug-likeness (QED) is 0.746. The summed E-state index contributed by atoms with van der Waals surface area (Å²) in [5.41, 5.74) is 2.44. The van der Waals surface area contributed by atoms with Gasteiger partial charge in [0.05, 0.1) is 5.56 Å². The van der Waals surface area contributed by atoms with E-state index in [9.17, 15) is 9.59 Å². The van der Waals surface area contributed by atoms with Crippen LogP contribution < -0.4 is 10.6 Å². The van der Waals surface area contributed by atoms with E-state index in [1.165, 1.54) is 0 Å². The summed E-state index contributed by atoms with van der Waals surface area (Å²) >= 11 is 0. The highest BCUT2D eigenvalue weighted by Gasteiger charge is 2.07. The van der Waals surface area contributed by atoms with Gasteiger partial charge in [-0.15, -0.1) is 0 Å². The van der Waals surface area contributed by atoms with Gasteiger partial charge in [-0.2, -0.15) is 0 Å². The Labute approximate surface area is 154 Å². The summed E-state index contributed by atoms with van der Waals surface area (Å²) in [6.07, 6.45) is 3.71. The van der Waals surface area contributed by atoms with E-state index in [-0.39, 0.29) is 24.6 Å². The summed E-state index contributed by atoms with van der Waals surface area (Å²) < 4.78 is 5.23. The van der Waals surface area contributed by atoms with Crippen molar-refractivity contribution in [1.29, 1.82) is 0 Å². The van der Waals surface area contributed by atoms with Crippen LogP contribution in [0.5, 0.6) is 0 Å². The average Bonchev–Trinajstić information content (AvgIpc) is 2.64. The van der Waals surface area contributed by atoms with Crippen LogP contribution in [-0.2, 0) is 11.3 Å². The smallest absolute Gasteiger partial charge is 0.338 e. The summed E-state index contributed by atoms with van der Waals surface area (Å²) in [6.45, 7) is 4.41. The number of urea groups is 1. The molecular formula is C21H24N2O3. The van der Waals surface area contributed by atoms with Gasteiger partial charge in [0.2, 0.25) is 0 Å². The Kier molecular flexibility index (Phi) is 7.43. The summed E-state index contributed by atoms with van der Waals surface area (Å²) in [7, 11) is 0. The van der Waals surface area contributed by atoms with E-state index in [0.29, 0.717) is 12.1 Å². The molecule has 0 saturated carbocycles. The van der Waals surface area contributed by atoms with E-state index in [1.807, 2.05) is 50.3 Å². The van der Waals surface area contributed by atoms with Crippen LogP contribution in [0.2, 0.25) is 0 Å². The molecule has 26 heavy (non-hydrogen) atoms. The van der Waals surface area contributed by atoms with Crippen molar-refractivity contribution in [1.82, 2.24) is 10.6 Å². The molecule has 0 aliphatic carbocycles. The first-order valence-corrected chi connectivity index (χ1v) is 8.56. The number of nitrogens with one attached hydrogen (secondary N) is 2. The molecule has 5 nitrogen and oxygen atoms in total. The monoisotopic (exact) mass is 352 g/mol. The van der Waals surface area contributed by atoms with Gasteiger partial charge in [-0.1, -0.05) is 48.5 Å². The molecule has 0 spiro atoms. The molecule has 0 heterocycles. The van der Waals surface area contributed by atoms with Crippen molar-refractivity contribution in [2.24, 2.45) is 0 Å². The van der Waals surface area contributed by atoms with Crippen molar-refractivity contribution in [2.45, 2.75) is 26.4 Å². The molecule has 0 aromatic heterocycles. The number of amides is 2. The second-order valence-electron chi connectivity index (χ2n) is 6.09. The Hall–Kier alpha value is -3.08. The summed E-state index contributed by atoms with van der Waals surface area (Å²) in [5, 5.41) is 5.51. The second kappa shape index (κ2) is 10.0. The molecule has 0 saturated heterocycles. The third-order valence-electron chi connectivity index (χ3n) is 3.48. The molecule has 0 aliphatic heterocycles. The van der Waals surface area contributed by atoms with Crippen molar-refractivity contribution < 1.29 is 14.3 Å². The molecule has 2 aromatic rings. The van der Waals surface area contributed by atoms with Gasteiger partial charge in [0, 0.05) is 12.6 Å². The Morgan fingerprint density at radius 1 is 1.04 bits per heavy atom. The fraction of sp³-hybridized carbons (Fsp3) is 0.238. The van der Waals surface area contributed by atoms with Gasteiger partial charge in [0.1, 0.15) is 6.61 Å². The van der Waals surface area contributed by atoms with Gasteiger partial charge in [-0.05, 0) is 43.2 Å². The maximum Gasteiger partial charge on any atom is 0.338 e. The Morgan fingerprint density at radius 3 is 2.38 bits per heavy atom. The minimum Gasteiger partial charge on any atom is -0.458 e. The summed E-state index contributed by atoms with van der Waals surface area (Å²) in [6, 6.07) is 16.7. The first-order valence-electron chi connectivity index (χ1n) is 8.56. The molecule has 2 amide bonds. The number of hydrogen-bond acceptors (Lipinski definition) is 3. The highest BCUT2D eigenvalue weighted by atomic mass is 16.5. The maximum atomic E-state index is 12.0. The number of ether oxygens (including phenoxy) is 1. The zero-order valence-corrected chi connectivity index (χ0v) is 15.1. The number of carbonyl (C=O) groups is 2. The van der Waals surface area contributed by atoms with Crippen LogP contribution in [0.4, 0.5) is 4.79 Å². The standard InChI is InChI=1S/C21H24N2O3/c1-16(2)23-21(25)22-15-18-10-12-19(13-11-18)20(24)26-14-6-9-17-7-4-3-5-8-17/h3-13,16H,14-15H2,1-2H3,(H2,22,23,25)/b9-6+. The Bertz CT molecular complexity index is 738. The number of esters is 1. The van der Waals surface area contributed by atoms with Crippen LogP contribution >= 0.6 is 0 Å². The fourth-order valence-electron chi connectivity index (χ4n) is 2.21. The number of rotatable bonds is 7. The van der Waals surface area contributed by atoms with E-state index < -0.39 is 0 Å². The predicted octanol–water partition coefficient (Wildman–Crippen LogP) is 3.76. The van der Waals surface area contributed by atoms with Crippen LogP contribution in [0, 0.1) is 0 Å². The summed E-state index contributed by atoms with van der Waals surface area (Å²) in [4.78, 5) is 23.6. The molecule has 2 rings (SSSR count). The minimum atomic E-state index is -0.375. The van der Waals surface area contributed by atoms with Gasteiger partial charge in [-0.3, -0.25) is 0 Å². The van der Waals surface area contributed by atoms with E-state index >= 15 is 0 Å². The molecule has 0 radical (unpaired) electrons. The van der Waals surface area contributed by atoms with Gasteiger partial charge in [0.15, 0.2) is 0 Å². The zero-order valence-electron chi connectivity index (χ0n) is 15.1. The first kappa shape index (κ1) is 19.2. The lowest BCUT2D eigenvalue weighted by Gasteiger charge is -2.10. The molecule has 0 unspecified atom stereocenters. The Morgan fingerprint density at radius 2 is 1.73 bits per heavy atom. The number of benzene rings is 2. The van der Waals surface area contributed by atoms with Gasteiger partial charge in [-0.25, -0.2) is 9.59 Å². The van der Waals surface area contributed by atoms with Crippen molar-refractivity contribution in [2.75, 3.05) is 6.61 Å². The van der Waals surface area contributed by atoms with E-state index in [2.05, 4.69) is 10.6 Å². The lowest BCUT2D eigenvalue weighted by Crippen LogP contribution is -2.39. The first-order chi connectivity index (χ1) is 12.5. The van der Waals surface area contributed by atoms with Crippen molar-refractivity contribution in [3.8, 4) is 0 Å². The molecule has 0 aliphatic rings. The lowest BCUT2D eigenvalue weighted by atomic mass is 10.1. The third kappa shape index (κ3) is 6.81.